The Morgan fingerprint density at radius 2 is 2.33 bits per heavy atom. The second kappa shape index (κ2) is 5.71. The Morgan fingerprint density at radius 3 is 3.06 bits per heavy atom. The van der Waals surface area contributed by atoms with Gasteiger partial charge in [-0.3, -0.25) is 9.98 Å². The summed E-state index contributed by atoms with van der Waals surface area (Å²) in [6, 6.07) is 4.54. The van der Waals surface area contributed by atoms with E-state index in [1.165, 1.54) is 5.69 Å². The molecular weight excluding hydrogens is 226 g/mol. The zero-order chi connectivity index (χ0) is 13.0. The van der Waals surface area contributed by atoms with Crippen molar-refractivity contribution >= 4 is 11.7 Å². The number of nitrogens with zero attached hydrogens (tertiary/aromatic N) is 2. The Kier molecular flexibility index (Phi) is 4.02. The smallest absolute Gasteiger partial charge is 0.104 e. The van der Waals surface area contributed by atoms with Gasteiger partial charge in [-0.15, -0.1) is 0 Å². The highest BCUT2D eigenvalue weighted by atomic mass is 15.1. The maximum absolute atomic E-state index is 5.87. The van der Waals surface area contributed by atoms with Crippen molar-refractivity contribution in [3.05, 3.63) is 24.0 Å². The first-order chi connectivity index (χ1) is 8.65. The SMILES string of the molecule is CC1N=C(N)CC(=NCCc2ccc[nH]2)NC1C. The van der Waals surface area contributed by atoms with Crippen molar-refractivity contribution in [2.75, 3.05) is 6.54 Å². The van der Waals surface area contributed by atoms with Gasteiger partial charge in [0.05, 0.1) is 12.5 Å². The molecule has 0 saturated carbocycles. The lowest BCUT2D eigenvalue weighted by atomic mass is 10.2. The molecule has 5 nitrogen and oxygen atoms in total. The first-order valence-electron chi connectivity index (χ1n) is 6.39. The minimum atomic E-state index is 0.195. The van der Waals surface area contributed by atoms with Crippen LogP contribution in [0, 0.1) is 0 Å². The minimum Gasteiger partial charge on any atom is -0.387 e. The minimum absolute atomic E-state index is 0.195. The molecule has 0 radical (unpaired) electrons. The van der Waals surface area contributed by atoms with Crippen LogP contribution in [0.25, 0.3) is 0 Å². The topological polar surface area (TPSA) is 78.6 Å². The van der Waals surface area contributed by atoms with E-state index in [2.05, 4.69) is 40.2 Å². The number of nitrogens with two attached hydrogens (primary N) is 1. The number of aliphatic imine (C=N–C) groups is 2. The normalized spacial score (nSPS) is 26.6. The standard InChI is InChI=1S/C13H21N5/c1-9-10(2)18-13(8-12(14)17-9)16-7-5-11-4-3-6-15-11/h3-4,6,9-10,15H,5,7-8H2,1-2H3,(H2,14,17)(H,16,18). The van der Waals surface area contributed by atoms with Crippen molar-refractivity contribution in [2.45, 2.75) is 38.8 Å². The molecule has 2 unspecified atom stereocenters. The number of H-pyrrole nitrogens is 1. The summed E-state index contributed by atoms with van der Waals surface area (Å²) in [5.41, 5.74) is 7.07. The molecule has 0 bridgehead atoms. The van der Waals surface area contributed by atoms with Crippen molar-refractivity contribution in [1.29, 1.82) is 0 Å². The summed E-state index contributed by atoms with van der Waals surface area (Å²) in [6.45, 7) is 4.93. The molecule has 98 valence electrons. The molecule has 0 spiro atoms. The van der Waals surface area contributed by atoms with Crippen LogP contribution < -0.4 is 11.1 Å². The third kappa shape index (κ3) is 3.35. The molecule has 5 heteroatoms. The molecule has 2 heterocycles. The highest BCUT2D eigenvalue weighted by molar-refractivity contribution is 6.02. The van der Waals surface area contributed by atoms with E-state index in [0.29, 0.717) is 12.3 Å². The van der Waals surface area contributed by atoms with Gasteiger partial charge in [-0.1, -0.05) is 0 Å². The van der Waals surface area contributed by atoms with E-state index in [1.54, 1.807) is 0 Å². The fraction of sp³-hybridized carbons (Fsp3) is 0.538. The molecule has 4 N–H and O–H groups in total. The summed E-state index contributed by atoms with van der Waals surface area (Å²) in [7, 11) is 0. The Labute approximate surface area is 108 Å². The second-order valence-electron chi connectivity index (χ2n) is 4.74. The third-order valence-electron chi connectivity index (χ3n) is 3.18. The van der Waals surface area contributed by atoms with E-state index in [1.807, 2.05) is 12.3 Å². The Balaban J connectivity index is 1.93. The highest BCUT2D eigenvalue weighted by Crippen LogP contribution is 2.05. The molecule has 1 aromatic heterocycles. The average molecular weight is 247 g/mol. The van der Waals surface area contributed by atoms with Crippen molar-refractivity contribution in [1.82, 2.24) is 10.3 Å². The Hall–Kier alpha value is -1.78. The molecule has 1 aliphatic rings. The largest absolute Gasteiger partial charge is 0.387 e. The molecule has 1 aliphatic heterocycles. The van der Waals surface area contributed by atoms with Gasteiger partial charge >= 0.3 is 0 Å². The van der Waals surface area contributed by atoms with Gasteiger partial charge in [0, 0.05) is 30.9 Å². The third-order valence-corrected chi connectivity index (χ3v) is 3.18. The molecule has 2 rings (SSSR count). The lowest BCUT2D eigenvalue weighted by molar-refractivity contribution is 0.559. The summed E-state index contributed by atoms with van der Waals surface area (Å²) in [5, 5.41) is 3.38. The summed E-state index contributed by atoms with van der Waals surface area (Å²) in [5.74, 6) is 1.61. The van der Waals surface area contributed by atoms with Crippen LogP contribution in [0.5, 0.6) is 0 Å². The first-order valence-corrected chi connectivity index (χ1v) is 6.39. The molecule has 0 aromatic carbocycles. The van der Waals surface area contributed by atoms with E-state index in [9.17, 15) is 0 Å². The van der Waals surface area contributed by atoms with Crippen LogP contribution in [0.3, 0.4) is 0 Å². The van der Waals surface area contributed by atoms with E-state index in [4.69, 9.17) is 5.73 Å². The molecule has 18 heavy (non-hydrogen) atoms. The predicted octanol–water partition coefficient (Wildman–Crippen LogP) is 1.08. The van der Waals surface area contributed by atoms with Crippen molar-refractivity contribution in [2.24, 2.45) is 15.7 Å². The summed E-state index contributed by atoms with van der Waals surface area (Å²) < 4.78 is 0. The summed E-state index contributed by atoms with van der Waals surface area (Å²) >= 11 is 0. The molecule has 2 atom stereocenters. The molecular formula is C13H21N5. The maximum atomic E-state index is 5.87. The van der Waals surface area contributed by atoms with Crippen molar-refractivity contribution in [3.63, 3.8) is 0 Å². The van der Waals surface area contributed by atoms with Gasteiger partial charge in [-0.2, -0.15) is 0 Å². The quantitative estimate of drug-likeness (QED) is 0.747. The Bertz CT molecular complexity index is 432. The van der Waals surface area contributed by atoms with Crippen molar-refractivity contribution in [3.8, 4) is 0 Å². The number of rotatable bonds is 3. The zero-order valence-corrected chi connectivity index (χ0v) is 11.0. The summed E-state index contributed by atoms with van der Waals surface area (Å²) in [6.07, 6.45) is 3.47. The van der Waals surface area contributed by atoms with Crippen LogP contribution in [0.2, 0.25) is 0 Å². The zero-order valence-electron chi connectivity index (χ0n) is 11.0. The van der Waals surface area contributed by atoms with Crippen LogP contribution in [0.4, 0.5) is 0 Å². The highest BCUT2D eigenvalue weighted by Gasteiger charge is 2.17. The average Bonchev–Trinajstić information content (AvgIpc) is 2.77. The molecule has 0 aliphatic carbocycles. The van der Waals surface area contributed by atoms with Gasteiger partial charge in [-0.05, 0) is 26.0 Å². The molecule has 0 saturated heterocycles. The molecule has 0 amide bonds. The van der Waals surface area contributed by atoms with Crippen LogP contribution >= 0.6 is 0 Å². The number of aromatic nitrogens is 1. The van der Waals surface area contributed by atoms with E-state index < -0.39 is 0 Å². The van der Waals surface area contributed by atoms with Gasteiger partial charge in [-0.25, -0.2) is 0 Å². The molecule has 1 aromatic rings. The van der Waals surface area contributed by atoms with E-state index in [-0.39, 0.29) is 12.1 Å². The number of amidine groups is 2. The van der Waals surface area contributed by atoms with Gasteiger partial charge < -0.3 is 16.0 Å². The van der Waals surface area contributed by atoms with Crippen molar-refractivity contribution < 1.29 is 0 Å². The van der Waals surface area contributed by atoms with Gasteiger partial charge in [0.15, 0.2) is 0 Å². The lowest BCUT2D eigenvalue weighted by Gasteiger charge is -2.16. The fourth-order valence-corrected chi connectivity index (χ4v) is 1.96. The Morgan fingerprint density at radius 1 is 1.50 bits per heavy atom. The predicted molar refractivity (Wildman–Crippen MR) is 75.1 cm³/mol. The number of hydrogen-bond donors (Lipinski definition) is 3. The first kappa shape index (κ1) is 12.7. The number of hydrogen-bond acceptors (Lipinski definition) is 3. The summed E-state index contributed by atoms with van der Waals surface area (Å²) in [4.78, 5) is 12.2. The van der Waals surface area contributed by atoms with Gasteiger partial charge in [0.2, 0.25) is 0 Å². The second-order valence-corrected chi connectivity index (χ2v) is 4.74. The lowest BCUT2D eigenvalue weighted by Crippen LogP contribution is -2.37. The van der Waals surface area contributed by atoms with Crippen LogP contribution in [-0.2, 0) is 6.42 Å². The monoisotopic (exact) mass is 247 g/mol. The van der Waals surface area contributed by atoms with Gasteiger partial charge in [0.25, 0.3) is 0 Å². The van der Waals surface area contributed by atoms with E-state index >= 15 is 0 Å². The maximum Gasteiger partial charge on any atom is 0.104 e. The fourth-order valence-electron chi connectivity index (χ4n) is 1.96. The number of nitrogens with one attached hydrogen (secondary N) is 2. The van der Waals surface area contributed by atoms with Crippen LogP contribution in [0.15, 0.2) is 28.3 Å². The molecule has 0 fully saturated rings. The van der Waals surface area contributed by atoms with Crippen LogP contribution in [0.1, 0.15) is 26.0 Å². The van der Waals surface area contributed by atoms with Crippen LogP contribution in [-0.4, -0.2) is 35.3 Å². The number of aromatic amines is 1. The van der Waals surface area contributed by atoms with Gasteiger partial charge in [0.1, 0.15) is 11.7 Å². The van der Waals surface area contributed by atoms with E-state index in [0.717, 1.165) is 18.8 Å².